The zero-order chi connectivity index (χ0) is 23.7. The fourth-order valence-corrected chi connectivity index (χ4v) is 2.91. The van der Waals surface area contributed by atoms with Gasteiger partial charge in [-0.3, -0.25) is 0 Å². The summed E-state index contributed by atoms with van der Waals surface area (Å²) in [6, 6.07) is 10.4. The van der Waals surface area contributed by atoms with E-state index < -0.39 is 30.8 Å². The van der Waals surface area contributed by atoms with E-state index in [-0.39, 0.29) is 23.9 Å². The van der Waals surface area contributed by atoms with Crippen molar-refractivity contribution in [1.29, 1.82) is 0 Å². The molecule has 2 N–H and O–H groups in total. The average molecular weight is 469 g/mol. The number of hydrogen-bond donors (Lipinski definition) is 2. The van der Waals surface area contributed by atoms with Crippen LogP contribution in [0, 0.1) is 0 Å². The number of benzene rings is 2. The Hall–Kier alpha value is -3.02. The number of aliphatic hydroxyl groups excluding tert-OH is 1. The Morgan fingerprint density at radius 3 is 2.45 bits per heavy atom. The lowest BCUT2D eigenvalue weighted by Crippen LogP contribution is -2.22. The van der Waals surface area contributed by atoms with E-state index in [4.69, 9.17) is 19.1 Å². The van der Waals surface area contributed by atoms with Gasteiger partial charge in [0.05, 0.1) is 25.4 Å². The Morgan fingerprint density at radius 2 is 1.76 bits per heavy atom. The minimum absolute atomic E-state index is 0.0634. The van der Waals surface area contributed by atoms with E-state index >= 15 is 0 Å². The van der Waals surface area contributed by atoms with Gasteiger partial charge in [0, 0.05) is 24.2 Å². The highest BCUT2D eigenvalue weighted by Gasteiger charge is 2.35. The van der Waals surface area contributed by atoms with Crippen molar-refractivity contribution in [3.8, 4) is 28.6 Å². The van der Waals surface area contributed by atoms with Crippen LogP contribution >= 0.6 is 0 Å². The maximum Gasteiger partial charge on any atom is 0.419 e. The number of halogens is 4. The summed E-state index contributed by atoms with van der Waals surface area (Å²) in [7, 11) is 0. The highest BCUT2D eigenvalue weighted by atomic mass is 19.4. The molecule has 3 rings (SSSR count). The van der Waals surface area contributed by atoms with Crippen LogP contribution in [0.2, 0.25) is 0 Å². The number of aromatic nitrogens is 2. The molecule has 1 aromatic heterocycles. The van der Waals surface area contributed by atoms with Crippen LogP contribution in [-0.2, 0) is 17.5 Å². The van der Waals surface area contributed by atoms with Crippen LogP contribution in [0.4, 0.5) is 17.6 Å². The molecule has 7 nitrogen and oxygen atoms in total. The van der Waals surface area contributed by atoms with Gasteiger partial charge < -0.3 is 24.4 Å². The first-order valence-corrected chi connectivity index (χ1v) is 10.1. The summed E-state index contributed by atoms with van der Waals surface area (Å²) in [4.78, 5) is 4.19. The lowest BCUT2D eigenvalue weighted by Gasteiger charge is -2.13. The number of nitrogens with one attached hydrogen (secondary N) is 1. The molecular formula is C22H23F4N3O4. The van der Waals surface area contributed by atoms with Crippen molar-refractivity contribution in [3.63, 3.8) is 0 Å². The lowest BCUT2D eigenvalue weighted by atomic mass is 10.1. The molecule has 33 heavy (non-hydrogen) atoms. The molecule has 0 radical (unpaired) electrons. The zero-order valence-corrected chi connectivity index (χ0v) is 17.6. The van der Waals surface area contributed by atoms with Crippen molar-refractivity contribution in [2.75, 3.05) is 39.6 Å². The minimum atomic E-state index is -4.70. The van der Waals surface area contributed by atoms with Crippen LogP contribution in [0.5, 0.6) is 5.75 Å². The maximum absolute atomic E-state index is 13.4. The van der Waals surface area contributed by atoms with Crippen molar-refractivity contribution < 1.29 is 36.7 Å². The van der Waals surface area contributed by atoms with Crippen molar-refractivity contribution in [2.45, 2.75) is 12.8 Å². The normalized spacial score (nSPS) is 11.7. The SMILES string of the molecule is OCCNCCOCc1ccc(-c2noc(-c3ccc(OCCF)c(C(F)(F)F)c3)n2)cc1. The van der Waals surface area contributed by atoms with E-state index in [0.29, 0.717) is 31.9 Å². The monoisotopic (exact) mass is 469 g/mol. The second-order valence-corrected chi connectivity index (χ2v) is 6.89. The van der Waals surface area contributed by atoms with Crippen molar-refractivity contribution >= 4 is 0 Å². The van der Waals surface area contributed by atoms with Gasteiger partial charge in [0.2, 0.25) is 5.82 Å². The number of rotatable bonds is 12. The van der Waals surface area contributed by atoms with E-state index in [1.54, 1.807) is 12.1 Å². The van der Waals surface area contributed by atoms with Gasteiger partial charge in [0.25, 0.3) is 5.89 Å². The van der Waals surface area contributed by atoms with Gasteiger partial charge in [-0.2, -0.15) is 18.2 Å². The van der Waals surface area contributed by atoms with Crippen LogP contribution < -0.4 is 10.1 Å². The van der Waals surface area contributed by atoms with Crippen molar-refractivity contribution in [3.05, 3.63) is 53.6 Å². The van der Waals surface area contributed by atoms with E-state index in [0.717, 1.165) is 17.7 Å². The summed E-state index contributed by atoms with van der Waals surface area (Å²) in [6.07, 6.45) is -4.70. The Balaban J connectivity index is 1.68. The fraction of sp³-hybridized carbons (Fsp3) is 0.364. The number of nitrogens with zero attached hydrogens (tertiary/aromatic N) is 2. The topological polar surface area (TPSA) is 89.6 Å². The molecule has 0 bridgehead atoms. The number of hydrogen-bond acceptors (Lipinski definition) is 7. The molecule has 0 atom stereocenters. The summed E-state index contributed by atoms with van der Waals surface area (Å²) in [5.41, 5.74) is 0.554. The Kier molecular flexibility index (Phi) is 8.75. The van der Waals surface area contributed by atoms with Crippen LogP contribution in [0.15, 0.2) is 47.0 Å². The molecule has 0 aliphatic rings. The average Bonchev–Trinajstić information content (AvgIpc) is 3.30. The highest BCUT2D eigenvalue weighted by Crippen LogP contribution is 2.38. The van der Waals surface area contributed by atoms with Gasteiger partial charge in [0.1, 0.15) is 19.0 Å². The van der Waals surface area contributed by atoms with Gasteiger partial charge in [-0.15, -0.1) is 0 Å². The molecule has 178 valence electrons. The third-order valence-electron chi connectivity index (χ3n) is 4.49. The summed E-state index contributed by atoms with van der Waals surface area (Å²) >= 11 is 0. The predicted octanol–water partition coefficient (Wildman–Crippen LogP) is 3.87. The second-order valence-electron chi connectivity index (χ2n) is 6.89. The molecular weight excluding hydrogens is 446 g/mol. The summed E-state index contributed by atoms with van der Waals surface area (Å²) in [5.74, 6) is -0.335. The maximum atomic E-state index is 13.4. The van der Waals surface area contributed by atoms with E-state index in [1.807, 2.05) is 12.1 Å². The van der Waals surface area contributed by atoms with E-state index in [2.05, 4.69) is 15.5 Å². The van der Waals surface area contributed by atoms with Gasteiger partial charge in [0.15, 0.2) is 0 Å². The first-order valence-electron chi connectivity index (χ1n) is 10.1. The molecule has 0 fully saturated rings. The second kappa shape index (κ2) is 11.7. The van der Waals surface area contributed by atoms with Crippen LogP contribution in [0.1, 0.15) is 11.1 Å². The summed E-state index contributed by atoms with van der Waals surface area (Å²) < 4.78 is 68.0. The predicted molar refractivity (Wildman–Crippen MR) is 111 cm³/mol. The Bertz CT molecular complexity index is 1010. The summed E-state index contributed by atoms with van der Waals surface area (Å²) in [6.45, 7) is 0.724. The molecule has 0 spiro atoms. The number of aliphatic hydroxyl groups is 1. The van der Waals surface area contributed by atoms with Crippen LogP contribution in [0.3, 0.4) is 0 Å². The Morgan fingerprint density at radius 1 is 1.00 bits per heavy atom. The zero-order valence-electron chi connectivity index (χ0n) is 17.6. The lowest BCUT2D eigenvalue weighted by molar-refractivity contribution is -0.138. The highest BCUT2D eigenvalue weighted by molar-refractivity contribution is 5.62. The van der Waals surface area contributed by atoms with E-state index in [1.165, 1.54) is 6.07 Å². The molecule has 0 amide bonds. The molecule has 0 unspecified atom stereocenters. The summed E-state index contributed by atoms with van der Waals surface area (Å²) in [5, 5.41) is 15.5. The molecule has 2 aromatic carbocycles. The number of ether oxygens (including phenoxy) is 2. The first kappa shape index (κ1) is 24.6. The van der Waals surface area contributed by atoms with Crippen molar-refractivity contribution in [1.82, 2.24) is 15.5 Å². The molecule has 1 heterocycles. The first-order chi connectivity index (χ1) is 15.9. The quantitative estimate of drug-likeness (QED) is 0.308. The smallest absolute Gasteiger partial charge is 0.419 e. The largest absolute Gasteiger partial charge is 0.490 e. The Labute approximate surface area is 187 Å². The van der Waals surface area contributed by atoms with Crippen LogP contribution in [0.25, 0.3) is 22.8 Å². The molecule has 3 aromatic rings. The molecule has 0 aliphatic heterocycles. The molecule has 0 aliphatic carbocycles. The van der Waals surface area contributed by atoms with Gasteiger partial charge in [-0.1, -0.05) is 29.4 Å². The van der Waals surface area contributed by atoms with Gasteiger partial charge in [-0.05, 0) is 23.8 Å². The third-order valence-corrected chi connectivity index (χ3v) is 4.49. The standard InChI is InChI=1S/C22H23F4N3O4/c23-7-11-32-19-6-5-17(13-18(19)22(24,25)26)21-28-20(29-33-21)16-3-1-15(2-4-16)14-31-12-9-27-8-10-30/h1-6,13,27,30H,7-12,14H2. The van der Waals surface area contributed by atoms with Crippen LogP contribution in [-0.4, -0.2) is 54.8 Å². The third kappa shape index (κ3) is 6.98. The van der Waals surface area contributed by atoms with Gasteiger partial charge >= 0.3 is 6.18 Å². The molecule has 11 heteroatoms. The minimum Gasteiger partial charge on any atom is -0.490 e. The van der Waals surface area contributed by atoms with Crippen molar-refractivity contribution in [2.24, 2.45) is 0 Å². The van der Waals surface area contributed by atoms with Gasteiger partial charge in [-0.25, -0.2) is 4.39 Å². The van der Waals surface area contributed by atoms with E-state index in [9.17, 15) is 17.6 Å². The molecule has 0 saturated carbocycles. The molecule has 0 saturated heterocycles. The fourth-order valence-electron chi connectivity index (χ4n) is 2.91. The number of alkyl halides is 4.